The van der Waals surface area contributed by atoms with E-state index in [2.05, 4.69) is 18.3 Å². The van der Waals surface area contributed by atoms with Crippen molar-refractivity contribution in [3.63, 3.8) is 0 Å². The Morgan fingerprint density at radius 3 is 2.32 bits per heavy atom. The number of methoxy groups -OCH3 is 1. The van der Waals surface area contributed by atoms with E-state index in [0.29, 0.717) is 5.56 Å². The fraction of sp³-hybridized carbons (Fsp3) is 0.381. The van der Waals surface area contributed by atoms with Crippen LogP contribution < -0.4 is 14.8 Å². The number of rotatable bonds is 7. The van der Waals surface area contributed by atoms with Crippen molar-refractivity contribution >= 4 is 5.91 Å². The van der Waals surface area contributed by atoms with E-state index >= 15 is 0 Å². The largest absolute Gasteiger partial charge is 0.496 e. The summed E-state index contributed by atoms with van der Waals surface area (Å²) in [5.41, 5.74) is 2.76. The maximum atomic E-state index is 12.6. The first kappa shape index (κ1) is 18.8. The van der Waals surface area contributed by atoms with Gasteiger partial charge >= 0.3 is 0 Å². The van der Waals surface area contributed by atoms with Crippen molar-refractivity contribution in [1.82, 2.24) is 5.32 Å². The van der Waals surface area contributed by atoms with E-state index in [1.165, 1.54) is 0 Å². The molecule has 0 heterocycles. The van der Waals surface area contributed by atoms with Gasteiger partial charge in [-0.2, -0.15) is 0 Å². The van der Waals surface area contributed by atoms with E-state index in [0.717, 1.165) is 29.0 Å². The molecular weight excluding hydrogens is 314 g/mol. The third-order valence-corrected chi connectivity index (χ3v) is 4.02. The van der Waals surface area contributed by atoms with E-state index in [9.17, 15) is 4.79 Å². The molecule has 2 aromatic carbocycles. The summed E-state index contributed by atoms with van der Waals surface area (Å²) >= 11 is 0. The number of carbonyl (C=O) groups excluding carboxylic acids is 1. The second kappa shape index (κ2) is 8.56. The van der Waals surface area contributed by atoms with E-state index < -0.39 is 0 Å². The molecule has 4 heteroatoms. The Bertz CT molecular complexity index is 708. The molecule has 0 aliphatic rings. The highest BCUT2D eigenvalue weighted by molar-refractivity contribution is 5.94. The van der Waals surface area contributed by atoms with Crippen LogP contribution in [-0.4, -0.2) is 19.1 Å². The zero-order valence-electron chi connectivity index (χ0n) is 15.6. The van der Waals surface area contributed by atoms with Gasteiger partial charge in [0.15, 0.2) is 0 Å². The summed E-state index contributed by atoms with van der Waals surface area (Å²) in [6.07, 6.45) is 0.925. The maximum Gasteiger partial charge on any atom is 0.251 e. The fourth-order valence-corrected chi connectivity index (χ4v) is 2.74. The summed E-state index contributed by atoms with van der Waals surface area (Å²) in [7, 11) is 1.66. The Kier molecular flexibility index (Phi) is 6.45. The predicted molar refractivity (Wildman–Crippen MR) is 100 cm³/mol. The first-order valence-corrected chi connectivity index (χ1v) is 8.66. The van der Waals surface area contributed by atoms with Crippen LogP contribution in [0.1, 0.15) is 54.7 Å². The minimum Gasteiger partial charge on any atom is -0.496 e. The Hall–Kier alpha value is -2.49. The zero-order valence-corrected chi connectivity index (χ0v) is 15.6. The summed E-state index contributed by atoms with van der Waals surface area (Å²) in [5.74, 6) is 1.53. The van der Waals surface area contributed by atoms with Gasteiger partial charge in [0.1, 0.15) is 11.5 Å². The normalized spacial score (nSPS) is 11.9. The molecular formula is C21H27NO3. The highest BCUT2D eigenvalue weighted by Crippen LogP contribution is 2.24. The molecule has 25 heavy (non-hydrogen) atoms. The predicted octanol–water partition coefficient (Wildman–Crippen LogP) is 4.67. The van der Waals surface area contributed by atoms with E-state index in [1.54, 1.807) is 19.2 Å². The highest BCUT2D eigenvalue weighted by atomic mass is 16.5. The molecule has 2 rings (SSSR count). The highest BCUT2D eigenvalue weighted by Gasteiger charge is 2.15. The Balaban J connectivity index is 2.10. The van der Waals surface area contributed by atoms with Crippen LogP contribution in [-0.2, 0) is 0 Å². The molecule has 0 aromatic heterocycles. The minimum absolute atomic E-state index is 0.0382. The molecule has 0 fully saturated rings. The molecule has 0 aliphatic carbocycles. The minimum atomic E-state index is -0.0866. The van der Waals surface area contributed by atoms with Crippen molar-refractivity contribution in [2.45, 2.75) is 46.3 Å². The zero-order chi connectivity index (χ0) is 18.4. The molecule has 134 valence electrons. The monoisotopic (exact) mass is 341 g/mol. The number of amides is 1. The molecule has 0 radical (unpaired) electrons. The van der Waals surface area contributed by atoms with Crippen LogP contribution in [0.4, 0.5) is 0 Å². The number of hydrogen-bond acceptors (Lipinski definition) is 3. The van der Waals surface area contributed by atoms with Crippen molar-refractivity contribution in [2.75, 3.05) is 7.11 Å². The number of nitrogens with one attached hydrogen (secondary N) is 1. The molecule has 1 amide bonds. The lowest BCUT2D eigenvalue weighted by atomic mass is 10.0. The Morgan fingerprint density at radius 2 is 1.80 bits per heavy atom. The van der Waals surface area contributed by atoms with Crippen LogP contribution in [0.15, 0.2) is 42.5 Å². The lowest BCUT2D eigenvalue weighted by molar-refractivity contribution is 0.0935. The quantitative estimate of drug-likeness (QED) is 0.796. The van der Waals surface area contributed by atoms with Gasteiger partial charge in [-0.1, -0.05) is 19.1 Å². The molecule has 0 unspecified atom stereocenters. The van der Waals surface area contributed by atoms with Crippen molar-refractivity contribution in [3.05, 3.63) is 59.2 Å². The Morgan fingerprint density at radius 1 is 1.12 bits per heavy atom. The van der Waals surface area contributed by atoms with Crippen LogP contribution in [0, 0.1) is 6.92 Å². The van der Waals surface area contributed by atoms with Crippen molar-refractivity contribution in [3.8, 4) is 11.5 Å². The van der Waals surface area contributed by atoms with E-state index in [1.807, 2.05) is 45.0 Å². The number of hydrogen-bond donors (Lipinski definition) is 1. The van der Waals surface area contributed by atoms with Gasteiger partial charge in [-0.15, -0.1) is 0 Å². The van der Waals surface area contributed by atoms with Crippen LogP contribution in [0.5, 0.6) is 11.5 Å². The molecule has 1 N–H and O–H groups in total. The first-order valence-electron chi connectivity index (χ1n) is 8.66. The molecule has 0 bridgehead atoms. The molecule has 0 spiro atoms. The van der Waals surface area contributed by atoms with Crippen molar-refractivity contribution in [1.29, 1.82) is 0 Å². The number of ether oxygens (including phenoxy) is 2. The standard InChI is InChI=1S/C21H27NO3/c1-6-19(17-9-12-20(24-5)15(4)13-17)22-21(23)16-7-10-18(11-8-16)25-14(2)3/h7-14,19H,6H2,1-5H3,(H,22,23)/t19-/m0/s1. The van der Waals surface area contributed by atoms with Gasteiger partial charge in [0.2, 0.25) is 0 Å². The van der Waals surface area contributed by atoms with Crippen LogP contribution >= 0.6 is 0 Å². The van der Waals surface area contributed by atoms with Gasteiger partial charge in [-0.25, -0.2) is 0 Å². The SMILES string of the molecule is CC[C@H](NC(=O)c1ccc(OC(C)C)cc1)c1ccc(OC)c(C)c1. The molecule has 0 aliphatic heterocycles. The maximum absolute atomic E-state index is 12.6. The molecule has 0 saturated heterocycles. The van der Waals surface area contributed by atoms with Crippen LogP contribution in [0.3, 0.4) is 0 Å². The third-order valence-electron chi connectivity index (χ3n) is 4.02. The summed E-state index contributed by atoms with van der Waals surface area (Å²) in [6.45, 7) is 8.01. The molecule has 1 atom stereocenters. The summed E-state index contributed by atoms with van der Waals surface area (Å²) in [4.78, 5) is 12.6. The fourth-order valence-electron chi connectivity index (χ4n) is 2.74. The Labute approximate surface area is 150 Å². The number of aryl methyl sites for hydroxylation is 1. The number of carbonyl (C=O) groups is 1. The molecule has 0 saturated carbocycles. The summed E-state index contributed by atoms with van der Waals surface area (Å²) < 4.78 is 10.9. The van der Waals surface area contributed by atoms with Gasteiger partial charge in [-0.05, 0) is 68.7 Å². The average Bonchev–Trinajstić information content (AvgIpc) is 2.59. The van der Waals surface area contributed by atoms with Crippen molar-refractivity contribution in [2.24, 2.45) is 0 Å². The van der Waals surface area contributed by atoms with Gasteiger partial charge in [0.05, 0.1) is 19.3 Å². The topological polar surface area (TPSA) is 47.6 Å². The van der Waals surface area contributed by atoms with Gasteiger partial charge in [0.25, 0.3) is 5.91 Å². The van der Waals surface area contributed by atoms with Crippen LogP contribution in [0.2, 0.25) is 0 Å². The van der Waals surface area contributed by atoms with E-state index in [-0.39, 0.29) is 18.1 Å². The van der Waals surface area contributed by atoms with E-state index in [4.69, 9.17) is 9.47 Å². The summed E-state index contributed by atoms with van der Waals surface area (Å²) in [6, 6.07) is 13.2. The van der Waals surface area contributed by atoms with Gasteiger partial charge in [0, 0.05) is 5.56 Å². The average molecular weight is 341 g/mol. The lowest BCUT2D eigenvalue weighted by Gasteiger charge is -2.19. The second-order valence-corrected chi connectivity index (χ2v) is 6.35. The second-order valence-electron chi connectivity index (χ2n) is 6.35. The first-order chi connectivity index (χ1) is 11.9. The third kappa shape index (κ3) is 4.99. The van der Waals surface area contributed by atoms with Gasteiger partial charge in [-0.3, -0.25) is 4.79 Å². The van der Waals surface area contributed by atoms with Gasteiger partial charge < -0.3 is 14.8 Å². The van der Waals surface area contributed by atoms with Crippen molar-refractivity contribution < 1.29 is 14.3 Å². The number of benzene rings is 2. The van der Waals surface area contributed by atoms with Crippen LogP contribution in [0.25, 0.3) is 0 Å². The summed E-state index contributed by atoms with van der Waals surface area (Å²) in [5, 5.41) is 3.10. The smallest absolute Gasteiger partial charge is 0.251 e. The lowest BCUT2D eigenvalue weighted by Crippen LogP contribution is -2.28. The molecule has 2 aromatic rings. The molecule has 4 nitrogen and oxygen atoms in total.